The van der Waals surface area contributed by atoms with Crippen LogP contribution in [0, 0.1) is 6.92 Å². The minimum absolute atomic E-state index is 0.0284. The van der Waals surface area contributed by atoms with Gasteiger partial charge in [-0.2, -0.15) is 0 Å². The first-order valence-electron chi connectivity index (χ1n) is 8.53. The monoisotopic (exact) mass is 378 g/mol. The quantitative estimate of drug-likeness (QED) is 0.477. The van der Waals surface area contributed by atoms with Crippen molar-refractivity contribution in [3.05, 3.63) is 94.4 Å². The number of carbonyl (C=O) groups excluding carboxylic acids is 3. The number of esters is 2. The van der Waals surface area contributed by atoms with Crippen LogP contribution in [0.2, 0.25) is 0 Å². The lowest BCUT2D eigenvalue weighted by molar-refractivity contribution is 0.0451. The molecule has 0 aliphatic rings. The van der Waals surface area contributed by atoms with Gasteiger partial charge in [-0.1, -0.05) is 48.0 Å². The smallest absolute Gasteiger partial charge is 0.374 e. The molecule has 6 nitrogen and oxygen atoms in total. The minimum atomic E-state index is -0.673. The Balaban J connectivity index is 1.80. The molecule has 0 radical (unpaired) electrons. The summed E-state index contributed by atoms with van der Waals surface area (Å²) in [5, 5.41) is 0. The summed E-state index contributed by atoms with van der Waals surface area (Å²) >= 11 is 0. The molecule has 6 heteroatoms. The van der Waals surface area contributed by atoms with Gasteiger partial charge in [0.05, 0.1) is 18.9 Å². The number of furan rings is 1. The summed E-state index contributed by atoms with van der Waals surface area (Å²) in [5.74, 6) is -1.63. The molecule has 3 aromatic rings. The Bertz CT molecular complexity index is 1010. The molecule has 0 aliphatic carbocycles. The Morgan fingerprint density at radius 3 is 2.25 bits per heavy atom. The summed E-state index contributed by atoms with van der Waals surface area (Å²) < 4.78 is 15.0. The van der Waals surface area contributed by atoms with Crippen molar-refractivity contribution in [3.63, 3.8) is 0 Å². The number of methoxy groups -OCH3 is 1. The van der Waals surface area contributed by atoms with Crippen LogP contribution in [0.25, 0.3) is 0 Å². The fraction of sp³-hybridized carbons (Fsp3) is 0.136. The zero-order valence-corrected chi connectivity index (χ0v) is 15.4. The van der Waals surface area contributed by atoms with Crippen molar-refractivity contribution in [2.24, 2.45) is 0 Å². The van der Waals surface area contributed by atoms with Crippen LogP contribution in [-0.2, 0) is 16.1 Å². The van der Waals surface area contributed by atoms with Crippen LogP contribution in [0.5, 0.6) is 0 Å². The summed E-state index contributed by atoms with van der Waals surface area (Å²) in [7, 11) is 1.23. The maximum atomic E-state index is 12.8. The van der Waals surface area contributed by atoms with Crippen molar-refractivity contribution in [1.29, 1.82) is 0 Å². The lowest BCUT2D eigenvalue weighted by Gasteiger charge is -2.09. The van der Waals surface area contributed by atoms with Gasteiger partial charge in [-0.3, -0.25) is 4.79 Å². The van der Waals surface area contributed by atoms with Gasteiger partial charge in [0.1, 0.15) is 6.61 Å². The van der Waals surface area contributed by atoms with Crippen molar-refractivity contribution >= 4 is 17.7 Å². The largest absolute Gasteiger partial charge is 0.463 e. The van der Waals surface area contributed by atoms with E-state index in [4.69, 9.17) is 9.15 Å². The van der Waals surface area contributed by atoms with E-state index in [1.54, 1.807) is 30.3 Å². The molecule has 0 saturated carbocycles. The van der Waals surface area contributed by atoms with Crippen molar-refractivity contribution in [2.75, 3.05) is 7.11 Å². The molecule has 0 atom stereocenters. The van der Waals surface area contributed by atoms with Gasteiger partial charge in [0, 0.05) is 16.7 Å². The summed E-state index contributed by atoms with van der Waals surface area (Å²) in [6.45, 7) is 1.74. The summed E-state index contributed by atoms with van der Waals surface area (Å²) in [4.78, 5) is 37.0. The fourth-order valence-electron chi connectivity index (χ4n) is 2.66. The SMILES string of the molecule is COC(=O)c1occc1COC(=O)c1ccccc1C(=O)c1ccc(C)cc1. The van der Waals surface area contributed by atoms with Crippen molar-refractivity contribution in [1.82, 2.24) is 0 Å². The molecule has 0 saturated heterocycles. The van der Waals surface area contributed by atoms with E-state index in [1.807, 2.05) is 19.1 Å². The molecule has 0 bridgehead atoms. The van der Waals surface area contributed by atoms with Crippen LogP contribution in [-0.4, -0.2) is 24.8 Å². The number of hydrogen-bond donors (Lipinski definition) is 0. The number of ketones is 1. The van der Waals surface area contributed by atoms with E-state index in [2.05, 4.69) is 4.74 Å². The first kappa shape index (κ1) is 19.1. The van der Waals surface area contributed by atoms with E-state index in [9.17, 15) is 14.4 Å². The second kappa shape index (κ2) is 8.35. The van der Waals surface area contributed by atoms with Crippen LogP contribution in [0.4, 0.5) is 0 Å². The zero-order chi connectivity index (χ0) is 20.1. The molecule has 3 rings (SSSR count). The average molecular weight is 378 g/mol. The normalized spacial score (nSPS) is 10.4. The highest BCUT2D eigenvalue weighted by Gasteiger charge is 2.21. The second-order valence-electron chi connectivity index (χ2n) is 6.08. The van der Waals surface area contributed by atoms with Gasteiger partial charge in [0.2, 0.25) is 5.76 Å². The standard InChI is InChI=1S/C22H18O6/c1-14-7-9-15(10-8-14)19(23)17-5-3-4-6-18(17)21(24)28-13-16-11-12-27-20(16)22(25)26-2/h3-12H,13H2,1-2H3. The van der Waals surface area contributed by atoms with E-state index in [0.29, 0.717) is 11.1 Å². The van der Waals surface area contributed by atoms with Gasteiger partial charge >= 0.3 is 11.9 Å². The molecule has 0 N–H and O–H groups in total. The fourth-order valence-corrected chi connectivity index (χ4v) is 2.66. The third kappa shape index (κ3) is 4.01. The Hall–Kier alpha value is -3.67. The maximum Gasteiger partial charge on any atom is 0.374 e. The third-order valence-electron chi connectivity index (χ3n) is 4.18. The molecule has 0 fully saturated rings. The lowest BCUT2D eigenvalue weighted by atomic mass is 9.98. The molecular weight excluding hydrogens is 360 g/mol. The molecule has 0 amide bonds. The van der Waals surface area contributed by atoms with E-state index < -0.39 is 11.9 Å². The first-order valence-corrected chi connectivity index (χ1v) is 8.53. The van der Waals surface area contributed by atoms with Gasteiger partial charge in [-0.25, -0.2) is 9.59 Å². The highest BCUT2D eigenvalue weighted by atomic mass is 16.5. The summed E-state index contributed by atoms with van der Waals surface area (Å²) in [6, 6.07) is 15.1. The highest BCUT2D eigenvalue weighted by molar-refractivity contribution is 6.14. The second-order valence-corrected chi connectivity index (χ2v) is 6.08. The number of ether oxygens (including phenoxy) is 2. The third-order valence-corrected chi connectivity index (χ3v) is 4.18. The molecule has 2 aromatic carbocycles. The number of aryl methyl sites for hydroxylation is 1. The molecule has 1 aromatic heterocycles. The Labute approximate surface area is 161 Å². The molecule has 0 unspecified atom stereocenters. The zero-order valence-electron chi connectivity index (χ0n) is 15.4. The van der Waals surface area contributed by atoms with Crippen LogP contribution in [0.3, 0.4) is 0 Å². The molecule has 0 aliphatic heterocycles. The molecule has 0 spiro atoms. The van der Waals surface area contributed by atoms with Gasteiger partial charge in [-0.15, -0.1) is 0 Å². The van der Waals surface area contributed by atoms with Crippen LogP contribution in [0.15, 0.2) is 65.3 Å². The van der Waals surface area contributed by atoms with Crippen LogP contribution in [0.1, 0.15) is 48.0 Å². The van der Waals surface area contributed by atoms with E-state index in [1.165, 1.54) is 25.5 Å². The molecule has 28 heavy (non-hydrogen) atoms. The minimum Gasteiger partial charge on any atom is -0.463 e. The predicted molar refractivity (Wildman–Crippen MR) is 100 cm³/mol. The Kier molecular flexibility index (Phi) is 5.69. The predicted octanol–water partition coefficient (Wildman–Crippen LogP) is 3.96. The number of hydrogen-bond acceptors (Lipinski definition) is 6. The van der Waals surface area contributed by atoms with Gasteiger partial charge < -0.3 is 13.9 Å². The number of benzene rings is 2. The summed E-state index contributed by atoms with van der Waals surface area (Å²) in [5.41, 5.74) is 2.29. The van der Waals surface area contributed by atoms with Crippen molar-refractivity contribution in [3.8, 4) is 0 Å². The van der Waals surface area contributed by atoms with E-state index in [0.717, 1.165) is 5.56 Å². The van der Waals surface area contributed by atoms with Crippen LogP contribution >= 0.6 is 0 Å². The van der Waals surface area contributed by atoms with Crippen molar-refractivity contribution < 1.29 is 28.3 Å². The first-order chi connectivity index (χ1) is 13.5. The van der Waals surface area contributed by atoms with Gasteiger partial charge in [-0.05, 0) is 19.1 Å². The molecule has 142 valence electrons. The lowest BCUT2D eigenvalue weighted by Crippen LogP contribution is -2.13. The average Bonchev–Trinajstić information content (AvgIpc) is 3.20. The summed E-state index contributed by atoms with van der Waals surface area (Å²) in [6.07, 6.45) is 1.31. The molecular formula is C22H18O6. The topological polar surface area (TPSA) is 82.8 Å². The molecule has 1 heterocycles. The van der Waals surface area contributed by atoms with Gasteiger partial charge in [0.25, 0.3) is 0 Å². The maximum absolute atomic E-state index is 12.8. The Morgan fingerprint density at radius 1 is 0.893 bits per heavy atom. The van der Waals surface area contributed by atoms with Gasteiger partial charge in [0.15, 0.2) is 5.78 Å². The number of carbonyl (C=O) groups is 3. The van der Waals surface area contributed by atoms with E-state index in [-0.39, 0.29) is 29.3 Å². The number of rotatable bonds is 6. The van der Waals surface area contributed by atoms with Crippen molar-refractivity contribution in [2.45, 2.75) is 13.5 Å². The highest BCUT2D eigenvalue weighted by Crippen LogP contribution is 2.18. The Morgan fingerprint density at radius 2 is 1.57 bits per heavy atom. The van der Waals surface area contributed by atoms with Crippen LogP contribution < -0.4 is 0 Å². The van der Waals surface area contributed by atoms with E-state index >= 15 is 0 Å².